The molecule has 0 saturated carbocycles. The molecule has 0 aliphatic carbocycles. The lowest BCUT2D eigenvalue weighted by Gasteiger charge is -2.35. The Labute approximate surface area is 139 Å². The average molecular weight is 316 g/mol. The normalized spacial score (nSPS) is 21.8. The predicted octanol–water partition coefficient (Wildman–Crippen LogP) is 2.89. The van der Waals surface area contributed by atoms with Crippen LogP contribution in [0.3, 0.4) is 0 Å². The van der Waals surface area contributed by atoms with Gasteiger partial charge in [-0.1, -0.05) is 37.3 Å². The molecule has 1 amide bonds. The van der Waals surface area contributed by atoms with Crippen LogP contribution in [0.2, 0.25) is 0 Å². The van der Waals surface area contributed by atoms with Crippen LogP contribution in [-0.2, 0) is 4.79 Å². The van der Waals surface area contributed by atoms with Gasteiger partial charge in [0.25, 0.3) is 0 Å². The van der Waals surface area contributed by atoms with Gasteiger partial charge in [0.15, 0.2) is 5.78 Å². The number of ketones is 1. The molecule has 4 heteroatoms. The van der Waals surface area contributed by atoms with Crippen LogP contribution in [0.25, 0.3) is 0 Å². The third-order valence-corrected chi connectivity index (χ3v) is 4.61. The first-order chi connectivity index (χ1) is 11.1. The molecule has 2 rings (SSSR count). The molecule has 0 bridgehead atoms. The first kappa shape index (κ1) is 17.7. The zero-order valence-electron chi connectivity index (χ0n) is 14.3. The number of piperidine rings is 1. The van der Waals surface area contributed by atoms with Crippen LogP contribution in [-0.4, -0.2) is 42.8 Å². The van der Waals surface area contributed by atoms with Crippen molar-refractivity contribution in [1.82, 2.24) is 10.2 Å². The van der Waals surface area contributed by atoms with E-state index in [1.165, 1.54) is 0 Å². The van der Waals surface area contributed by atoms with E-state index < -0.39 is 0 Å². The van der Waals surface area contributed by atoms with Crippen molar-refractivity contribution < 1.29 is 9.59 Å². The smallest absolute Gasteiger partial charge is 0.220 e. The number of likely N-dealkylation sites (tertiary alicyclic amines) is 1. The fourth-order valence-electron chi connectivity index (χ4n) is 3.19. The molecule has 23 heavy (non-hydrogen) atoms. The molecule has 1 aliphatic rings. The lowest BCUT2D eigenvalue weighted by atomic mass is 9.94. The van der Waals surface area contributed by atoms with Gasteiger partial charge in [0, 0.05) is 31.0 Å². The summed E-state index contributed by atoms with van der Waals surface area (Å²) in [6.45, 7) is 4.27. The number of hydrogen-bond acceptors (Lipinski definition) is 3. The summed E-state index contributed by atoms with van der Waals surface area (Å²) in [6.07, 6.45) is 3.59. The van der Waals surface area contributed by atoms with Gasteiger partial charge in [0.2, 0.25) is 5.91 Å². The molecular weight excluding hydrogens is 288 g/mol. The van der Waals surface area contributed by atoms with Gasteiger partial charge in [0.05, 0.1) is 0 Å². The van der Waals surface area contributed by atoms with Crippen molar-refractivity contribution in [3.63, 3.8) is 0 Å². The summed E-state index contributed by atoms with van der Waals surface area (Å²) < 4.78 is 0. The molecule has 1 aromatic carbocycles. The number of Topliss-reactive ketones (excluding diaryl/α,β-unsaturated/α-hetero) is 1. The van der Waals surface area contributed by atoms with Crippen LogP contribution in [0.4, 0.5) is 0 Å². The second-order valence-electron chi connectivity index (χ2n) is 6.70. The third-order valence-electron chi connectivity index (χ3n) is 4.61. The summed E-state index contributed by atoms with van der Waals surface area (Å²) in [6, 6.07) is 9.65. The first-order valence-corrected chi connectivity index (χ1v) is 8.62. The van der Waals surface area contributed by atoms with Crippen molar-refractivity contribution in [3.05, 3.63) is 35.9 Å². The molecule has 1 N–H and O–H groups in total. The van der Waals surface area contributed by atoms with Crippen LogP contribution in [0.1, 0.15) is 49.4 Å². The van der Waals surface area contributed by atoms with Gasteiger partial charge in [-0.15, -0.1) is 0 Å². The topological polar surface area (TPSA) is 49.4 Å². The van der Waals surface area contributed by atoms with E-state index in [1.54, 1.807) is 0 Å². The highest BCUT2D eigenvalue weighted by Crippen LogP contribution is 2.16. The Kier molecular flexibility index (Phi) is 6.78. The van der Waals surface area contributed by atoms with E-state index in [2.05, 4.69) is 24.2 Å². The van der Waals surface area contributed by atoms with Gasteiger partial charge >= 0.3 is 0 Å². The Bertz CT molecular complexity index is 515. The molecule has 2 atom stereocenters. The van der Waals surface area contributed by atoms with Crippen LogP contribution in [0, 0.1) is 5.92 Å². The van der Waals surface area contributed by atoms with E-state index >= 15 is 0 Å². The lowest BCUT2D eigenvalue weighted by molar-refractivity contribution is -0.122. The van der Waals surface area contributed by atoms with Crippen LogP contribution >= 0.6 is 0 Å². The SMILES string of the molecule is CC1CN(C)CCC1NC(=O)CCCCC(=O)c1ccccc1. The van der Waals surface area contributed by atoms with Crippen molar-refractivity contribution in [2.24, 2.45) is 5.92 Å². The summed E-state index contributed by atoms with van der Waals surface area (Å²) in [5.41, 5.74) is 0.761. The number of carbonyl (C=O) groups excluding carboxylic acids is 2. The largest absolute Gasteiger partial charge is 0.353 e. The summed E-state index contributed by atoms with van der Waals surface area (Å²) in [7, 11) is 2.12. The number of amides is 1. The van der Waals surface area contributed by atoms with Gasteiger partial charge in [-0.05, 0) is 38.8 Å². The standard InChI is InChI=1S/C19H28N2O2/c1-15-14-21(2)13-12-17(15)20-19(23)11-7-6-10-18(22)16-8-4-3-5-9-16/h3-5,8-9,15,17H,6-7,10-14H2,1-2H3,(H,20,23). The Morgan fingerprint density at radius 2 is 1.87 bits per heavy atom. The summed E-state index contributed by atoms with van der Waals surface area (Å²) in [4.78, 5) is 26.3. The lowest BCUT2D eigenvalue weighted by Crippen LogP contribution is -2.48. The quantitative estimate of drug-likeness (QED) is 0.621. The number of benzene rings is 1. The third kappa shape index (κ3) is 5.79. The number of carbonyl (C=O) groups is 2. The monoisotopic (exact) mass is 316 g/mol. The first-order valence-electron chi connectivity index (χ1n) is 8.62. The number of nitrogens with one attached hydrogen (secondary N) is 1. The maximum atomic E-state index is 12.0. The van der Waals surface area contributed by atoms with Gasteiger partial charge < -0.3 is 10.2 Å². The minimum absolute atomic E-state index is 0.124. The molecule has 1 aromatic rings. The van der Waals surface area contributed by atoms with Gasteiger partial charge in [-0.25, -0.2) is 0 Å². The van der Waals surface area contributed by atoms with Crippen molar-refractivity contribution in [2.45, 2.75) is 45.1 Å². The summed E-state index contributed by atoms with van der Waals surface area (Å²) in [5, 5.41) is 3.16. The highest BCUT2D eigenvalue weighted by molar-refractivity contribution is 5.95. The Balaban J connectivity index is 1.62. The van der Waals surface area contributed by atoms with E-state index in [0.29, 0.717) is 24.8 Å². The van der Waals surface area contributed by atoms with Gasteiger partial charge in [0.1, 0.15) is 0 Å². The van der Waals surface area contributed by atoms with E-state index in [0.717, 1.165) is 37.9 Å². The van der Waals surface area contributed by atoms with E-state index in [1.807, 2.05) is 30.3 Å². The molecule has 2 unspecified atom stereocenters. The van der Waals surface area contributed by atoms with Crippen LogP contribution in [0.15, 0.2) is 30.3 Å². The van der Waals surface area contributed by atoms with E-state index in [-0.39, 0.29) is 11.7 Å². The van der Waals surface area contributed by atoms with Crippen molar-refractivity contribution in [3.8, 4) is 0 Å². The molecule has 0 spiro atoms. The van der Waals surface area contributed by atoms with E-state index in [9.17, 15) is 9.59 Å². The summed E-state index contributed by atoms with van der Waals surface area (Å²) >= 11 is 0. The van der Waals surface area contributed by atoms with Crippen molar-refractivity contribution in [1.29, 1.82) is 0 Å². The minimum atomic E-state index is 0.124. The molecule has 0 radical (unpaired) electrons. The number of hydrogen-bond donors (Lipinski definition) is 1. The molecule has 1 fully saturated rings. The summed E-state index contributed by atoms with van der Waals surface area (Å²) in [5.74, 6) is 0.783. The molecule has 0 aromatic heterocycles. The van der Waals surface area contributed by atoms with Crippen LogP contribution < -0.4 is 5.32 Å². The zero-order valence-corrected chi connectivity index (χ0v) is 14.3. The highest BCUT2D eigenvalue weighted by atomic mass is 16.1. The molecule has 4 nitrogen and oxygen atoms in total. The Morgan fingerprint density at radius 1 is 1.17 bits per heavy atom. The Hall–Kier alpha value is -1.68. The molecular formula is C19H28N2O2. The van der Waals surface area contributed by atoms with E-state index in [4.69, 9.17) is 0 Å². The van der Waals surface area contributed by atoms with Gasteiger partial charge in [-0.3, -0.25) is 9.59 Å². The maximum absolute atomic E-state index is 12.0. The zero-order chi connectivity index (χ0) is 16.7. The van der Waals surface area contributed by atoms with Crippen molar-refractivity contribution >= 4 is 11.7 Å². The van der Waals surface area contributed by atoms with Crippen molar-refractivity contribution in [2.75, 3.05) is 20.1 Å². The van der Waals surface area contributed by atoms with Gasteiger partial charge in [-0.2, -0.15) is 0 Å². The highest BCUT2D eigenvalue weighted by Gasteiger charge is 2.25. The number of rotatable bonds is 7. The fraction of sp³-hybridized carbons (Fsp3) is 0.579. The number of nitrogens with zero attached hydrogens (tertiary/aromatic N) is 1. The van der Waals surface area contributed by atoms with Crippen LogP contribution in [0.5, 0.6) is 0 Å². The maximum Gasteiger partial charge on any atom is 0.220 e. The molecule has 1 saturated heterocycles. The average Bonchev–Trinajstić information content (AvgIpc) is 2.55. The minimum Gasteiger partial charge on any atom is -0.353 e. The number of unbranched alkanes of at least 4 members (excludes halogenated alkanes) is 1. The predicted molar refractivity (Wildman–Crippen MR) is 92.4 cm³/mol. The Morgan fingerprint density at radius 3 is 2.57 bits per heavy atom. The molecule has 1 heterocycles. The second-order valence-corrected chi connectivity index (χ2v) is 6.70. The molecule has 1 aliphatic heterocycles. The molecule has 126 valence electrons. The second kappa shape index (κ2) is 8.82. The fourth-order valence-corrected chi connectivity index (χ4v) is 3.19.